The highest BCUT2D eigenvalue weighted by Gasteiger charge is 2.03. The molecule has 0 aliphatic carbocycles. The van der Waals surface area contributed by atoms with Gasteiger partial charge in [-0.2, -0.15) is 0 Å². The van der Waals surface area contributed by atoms with Gasteiger partial charge >= 0.3 is 5.97 Å². The maximum Gasteiger partial charge on any atom is 0.333 e. The van der Waals surface area contributed by atoms with E-state index in [1.54, 1.807) is 25.1 Å². The third kappa shape index (κ3) is 4.19. The van der Waals surface area contributed by atoms with Gasteiger partial charge in [-0.25, -0.2) is 9.18 Å². The maximum absolute atomic E-state index is 13.3. The van der Waals surface area contributed by atoms with Crippen molar-refractivity contribution in [2.24, 2.45) is 0 Å². The zero-order chi connectivity index (χ0) is 12.8. The van der Waals surface area contributed by atoms with E-state index in [1.807, 2.05) is 0 Å². The predicted octanol–water partition coefficient (Wildman–Crippen LogP) is 3.12. The molecule has 92 valence electrons. The first-order valence-electron chi connectivity index (χ1n) is 4.98. The summed E-state index contributed by atoms with van der Waals surface area (Å²) >= 11 is 3.26. The standard InChI is InChI=1S/C12H13BrFNO2/c1-8(12(16)17-2)5-6-15-11-7-9(13)3-4-10(11)14/h3-5,7,15H,6H2,1-2H3/b8-5+. The van der Waals surface area contributed by atoms with Gasteiger partial charge in [0.05, 0.1) is 12.8 Å². The molecule has 0 spiro atoms. The lowest BCUT2D eigenvalue weighted by Crippen LogP contribution is -2.06. The summed E-state index contributed by atoms with van der Waals surface area (Å²) in [6.07, 6.45) is 1.65. The van der Waals surface area contributed by atoms with Crippen LogP contribution in [-0.2, 0) is 9.53 Å². The number of rotatable bonds is 4. The molecule has 0 atom stereocenters. The van der Waals surface area contributed by atoms with E-state index in [2.05, 4.69) is 26.0 Å². The fourth-order valence-corrected chi connectivity index (χ4v) is 1.55. The minimum absolute atomic E-state index is 0.336. The van der Waals surface area contributed by atoms with Crippen molar-refractivity contribution >= 4 is 27.6 Å². The molecule has 17 heavy (non-hydrogen) atoms. The van der Waals surface area contributed by atoms with Crippen molar-refractivity contribution in [1.29, 1.82) is 0 Å². The Hall–Kier alpha value is -1.36. The number of benzene rings is 1. The van der Waals surface area contributed by atoms with Crippen molar-refractivity contribution in [2.75, 3.05) is 19.0 Å². The second-order valence-electron chi connectivity index (χ2n) is 3.38. The van der Waals surface area contributed by atoms with Crippen LogP contribution in [0.1, 0.15) is 6.92 Å². The Morgan fingerprint density at radius 2 is 2.29 bits per heavy atom. The second-order valence-corrected chi connectivity index (χ2v) is 4.30. The number of methoxy groups -OCH3 is 1. The van der Waals surface area contributed by atoms with Crippen LogP contribution in [0.3, 0.4) is 0 Å². The summed E-state index contributed by atoms with van der Waals surface area (Å²) in [6.45, 7) is 2.00. The zero-order valence-corrected chi connectivity index (χ0v) is 11.2. The summed E-state index contributed by atoms with van der Waals surface area (Å²) in [4.78, 5) is 11.1. The molecule has 0 amide bonds. The number of carbonyl (C=O) groups excluding carboxylic acids is 1. The number of hydrogen-bond donors (Lipinski definition) is 1. The Kier molecular flexibility index (Phi) is 5.15. The summed E-state index contributed by atoms with van der Waals surface area (Å²) in [5.41, 5.74) is 0.865. The summed E-state index contributed by atoms with van der Waals surface area (Å²) < 4.78 is 18.7. The SMILES string of the molecule is COC(=O)/C(C)=C/CNc1cc(Br)ccc1F. The molecular formula is C12H13BrFNO2. The van der Waals surface area contributed by atoms with Crippen LogP contribution in [0.5, 0.6) is 0 Å². The van der Waals surface area contributed by atoms with Gasteiger partial charge in [-0.05, 0) is 25.1 Å². The average molecular weight is 302 g/mol. The van der Waals surface area contributed by atoms with Gasteiger partial charge in [0.2, 0.25) is 0 Å². The Balaban J connectivity index is 2.62. The van der Waals surface area contributed by atoms with Gasteiger partial charge in [0.25, 0.3) is 0 Å². The Bertz CT molecular complexity index is 446. The first-order valence-corrected chi connectivity index (χ1v) is 5.78. The molecule has 1 N–H and O–H groups in total. The fraction of sp³-hybridized carbons (Fsp3) is 0.250. The highest BCUT2D eigenvalue weighted by molar-refractivity contribution is 9.10. The van der Waals surface area contributed by atoms with Crippen LogP contribution in [-0.4, -0.2) is 19.6 Å². The van der Waals surface area contributed by atoms with Gasteiger partial charge in [0.15, 0.2) is 0 Å². The number of ether oxygens (including phenoxy) is 1. The van der Waals surface area contributed by atoms with Crippen LogP contribution in [0.4, 0.5) is 10.1 Å². The number of carbonyl (C=O) groups is 1. The van der Waals surface area contributed by atoms with Crippen LogP contribution in [0.15, 0.2) is 34.3 Å². The van der Waals surface area contributed by atoms with Crippen LogP contribution in [0.25, 0.3) is 0 Å². The first kappa shape index (κ1) is 13.7. The van der Waals surface area contributed by atoms with Gasteiger partial charge < -0.3 is 10.1 Å². The lowest BCUT2D eigenvalue weighted by Gasteiger charge is -2.06. The normalized spacial score (nSPS) is 11.2. The van der Waals surface area contributed by atoms with Crippen molar-refractivity contribution in [2.45, 2.75) is 6.92 Å². The summed E-state index contributed by atoms with van der Waals surface area (Å²) in [5.74, 6) is -0.723. The zero-order valence-electron chi connectivity index (χ0n) is 9.59. The Labute approximate surface area is 108 Å². The maximum atomic E-state index is 13.3. The smallest absolute Gasteiger partial charge is 0.333 e. The average Bonchev–Trinajstić information content (AvgIpc) is 2.32. The van der Waals surface area contributed by atoms with Crippen LogP contribution in [0.2, 0.25) is 0 Å². The Morgan fingerprint density at radius 3 is 2.94 bits per heavy atom. The van der Waals surface area contributed by atoms with Crippen molar-refractivity contribution in [1.82, 2.24) is 0 Å². The largest absolute Gasteiger partial charge is 0.466 e. The lowest BCUT2D eigenvalue weighted by atomic mass is 10.2. The minimum atomic E-state index is -0.387. The number of anilines is 1. The van der Waals surface area contributed by atoms with Crippen LogP contribution < -0.4 is 5.32 Å². The topological polar surface area (TPSA) is 38.3 Å². The molecule has 5 heteroatoms. The lowest BCUT2D eigenvalue weighted by molar-refractivity contribution is -0.136. The van der Waals surface area contributed by atoms with E-state index in [-0.39, 0.29) is 11.8 Å². The minimum Gasteiger partial charge on any atom is -0.466 e. The molecule has 0 aliphatic heterocycles. The molecule has 0 aromatic heterocycles. The molecule has 0 radical (unpaired) electrons. The van der Waals surface area contributed by atoms with Gasteiger partial charge in [-0.1, -0.05) is 22.0 Å². The first-order chi connectivity index (χ1) is 8.04. The van der Waals surface area contributed by atoms with E-state index in [0.29, 0.717) is 17.8 Å². The van der Waals surface area contributed by atoms with Gasteiger partial charge in [0, 0.05) is 16.6 Å². The van der Waals surface area contributed by atoms with Crippen molar-refractivity contribution in [3.05, 3.63) is 40.1 Å². The number of halogens is 2. The monoisotopic (exact) mass is 301 g/mol. The summed E-state index contributed by atoms with van der Waals surface area (Å²) in [5, 5.41) is 2.87. The molecule has 3 nitrogen and oxygen atoms in total. The molecule has 0 aliphatic rings. The third-order valence-electron chi connectivity index (χ3n) is 2.14. The fourth-order valence-electron chi connectivity index (χ4n) is 1.19. The Morgan fingerprint density at radius 1 is 1.59 bits per heavy atom. The summed E-state index contributed by atoms with van der Waals surface area (Å²) in [6, 6.07) is 4.62. The van der Waals surface area contributed by atoms with Crippen LogP contribution >= 0.6 is 15.9 Å². The van der Waals surface area contributed by atoms with E-state index >= 15 is 0 Å². The van der Waals surface area contributed by atoms with E-state index in [1.165, 1.54) is 13.2 Å². The van der Waals surface area contributed by atoms with Gasteiger partial charge in [0.1, 0.15) is 5.82 Å². The predicted molar refractivity (Wildman–Crippen MR) is 68.4 cm³/mol. The van der Waals surface area contributed by atoms with Crippen molar-refractivity contribution in [3.8, 4) is 0 Å². The second kappa shape index (κ2) is 6.39. The van der Waals surface area contributed by atoms with E-state index < -0.39 is 0 Å². The molecule has 0 heterocycles. The molecule has 0 fully saturated rings. The molecule has 0 saturated carbocycles. The number of hydrogen-bond acceptors (Lipinski definition) is 3. The highest BCUT2D eigenvalue weighted by atomic mass is 79.9. The van der Waals surface area contributed by atoms with Gasteiger partial charge in [-0.15, -0.1) is 0 Å². The molecule has 0 unspecified atom stereocenters. The van der Waals surface area contributed by atoms with E-state index in [9.17, 15) is 9.18 Å². The highest BCUT2D eigenvalue weighted by Crippen LogP contribution is 2.19. The third-order valence-corrected chi connectivity index (χ3v) is 2.63. The van der Waals surface area contributed by atoms with Gasteiger partial charge in [-0.3, -0.25) is 0 Å². The quantitative estimate of drug-likeness (QED) is 0.686. The molecule has 1 rings (SSSR count). The molecular weight excluding hydrogens is 289 g/mol. The van der Waals surface area contributed by atoms with Crippen molar-refractivity contribution in [3.63, 3.8) is 0 Å². The molecule has 1 aromatic rings. The molecule has 1 aromatic carbocycles. The van der Waals surface area contributed by atoms with E-state index in [0.717, 1.165) is 4.47 Å². The van der Waals surface area contributed by atoms with E-state index in [4.69, 9.17) is 0 Å². The van der Waals surface area contributed by atoms with Crippen molar-refractivity contribution < 1.29 is 13.9 Å². The summed E-state index contributed by atoms with van der Waals surface area (Å²) in [7, 11) is 1.32. The molecule has 0 bridgehead atoms. The van der Waals surface area contributed by atoms with Crippen LogP contribution in [0, 0.1) is 5.82 Å². The molecule has 0 saturated heterocycles. The number of nitrogens with one attached hydrogen (secondary N) is 1. The number of esters is 1.